The van der Waals surface area contributed by atoms with Gasteiger partial charge in [-0.3, -0.25) is 9.59 Å². The molecule has 0 aliphatic carbocycles. The molecular formula is C16H21NO5. The number of aliphatic carboxylic acids is 1. The highest BCUT2D eigenvalue weighted by Gasteiger charge is 2.36. The van der Waals surface area contributed by atoms with E-state index in [1.165, 1.54) is 0 Å². The van der Waals surface area contributed by atoms with Crippen LogP contribution in [-0.2, 0) is 9.53 Å². The molecule has 1 aromatic carbocycles. The van der Waals surface area contributed by atoms with E-state index in [4.69, 9.17) is 14.6 Å². The van der Waals surface area contributed by atoms with Crippen LogP contribution < -0.4 is 10.1 Å². The third-order valence-electron chi connectivity index (χ3n) is 3.75. The Labute approximate surface area is 129 Å². The largest absolute Gasteiger partial charge is 0.494 e. The van der Waals surface area contributed by atoms with Crippen molar-refractivity contribution in [3.8, 4) is 5.75 Å². The summed E-state index contributed by atoms with van der Waals surface area (Å²) in [7, 11) is 0. The van der Waals surface area contributed by atoms with E-state index in [1.807, 2.05) is 6.92 Å². The molecule has 2 N–H and O–H groups in total. The number of amides is 1. The Kier molecular flexibility index (Phi) is 5.38. The van der Waals surface area contributed by atoms with Crippen molar-refractivity contribution in [2.24, 2.45) is 0 Å². The molecule has 0 atom stereocenters. The summed E-state index contributed by atoms with van der Waals surface area (Å²) in [5, 5.41) is 12.0. The highest BCUT2D eigenvalue weighted by atomic mass is 16.5. The molecule has 0 saturated carbocycles. The topological polar surface area (TPSA) is 84.9 Å². The Morgan fingerprint density at radius 3 is 2.45 bits per heavy atom. The molecular weight excluding hydrogens is 286 g/mol. The number of hydrogen-bond acceptors (Lipinski definition) is 4. The fraction of sp³-hybridized carbons (Fsp3) is 0.500. The van der Waals surface area contributed by atoms with E-state index in [9.17, 15) is 9.59 Å². The lowest BCUT2D eigenvalue weighted by atomic mass is 9.86. The highest BCUT2D eigenvalue weighted by Crippen LogP contribution is 2.25. The average Bonchev–Trinajstić information content (AvgIpc) is 2.48. The molecule has 0 spiro atoms. The van der Waals surface area contributed by atoms with Crippen LogP contribution in [0.2, 0.25) is 0 Å². The van der Waals surface area contributed by atoms with Crippen LogP contribution in [0.5, 0.6) is 5.75 Å². The van der Waals surface area contributed by atoms with Crippen molar-refractivity contribution >= 4 is 11.9 Å². The summed E-state index contributed by atoms with van der Waals surface area (Å²) in [5.74, 6) is -0.495. The second-order valence-corrected chi connectivity index (χ2v) is 5.37. The molecule has 6 nitrogen and oxygen atoms in total. The molecule has 1 saturated heterocycles. The zero-order chi connectivity index (χ0) is 16.0. The number of rotatable bonds is 6. The lowest BCUT2D eigenvalue weighted by molar-refractivity contribution is -0.139. The van der Waals surface area contributed by atoms with Gasteiger partial charge in [0.15, 0.2) is 0 Å². The summed E-state index contributed by atoms with van der Waals surface area (Å²) in [6.45, 7) is 3.36. The van der Waals surface area contributed by atoms with Crippen LogP contribution in [0.25, 0.3) is 0 Å². The molecule has 1 amide bonds. The minimum atomic E-state index is -0.922. The molecule has 2 rings (SSSR count). The van der Waals surface area contributed by atoms with Gasteiger partial charge < -0.3 is 19.9 Å². The SMILES string of the molecule is CCOc1ccc(C(=O)NC2(CC(=O)O)CCOCC2)cc1. The fourth-order valence-electron chi connectivity index (χ4n) is 2.58. The molecule has 0 aromatic heterocycles. The van der Waals surface area contributed by atoms with E-state index in [0.29, 0.717) is 44.0 Å². The summed E-state index contributed by atoms with van der Waals surface area (Å²) < 4.78 is 10.6. The maximum atomic E-state index is 12.4. The van der Waals surface area contributed by atoms with Gasteiger partial charge in [0.2, 0.25) is 0 Å². The van der Waals surface area contributed by atoms with Gasteiger partial charge in [-0.05, 0) is 44.0 Å². The van der Waals surface area contributed by atoms with Crippen LogP contribution >= 0.6 is 0 Å². The van der Waals surface area contributed by atoms with Gasteiger partial charge in [-0.25, -0.2) is 0 Å². The number of nitrogens with one attached hydrogen (secondary N) is 1. The Balaban J connectivity index is 2.08. The molecule has 0 unspecified atom stereocenters. The van der Waals surface area contributed by atoms with Gasteiger partial charge in [0.05, 0.1) is 18.6 Å². The summed E-state index contributed by atoms with van der Waals surface area (Å²) in [6, 6.07) is 6.81. The van der Waals surface area contributed by atoms with Gasteiger partial charge in [0.25, 0.3) is 5.91 Å². The Hall–Kier alpha value is -2.08. The normalized spacial score (nSPS) is 16.8. The van der Waals surface area contributed by atoms with Crippen molar-refractivity contribution in [3.63, 3.8) is 0 Å². The first-order chi connectivity index (χ1) is 10.5. The van der Waals surface area contributed by atoms with E-state index < -0.39 is 11.5 Å². The van der Waals surface area contributed by atoms with E-state index in [-0.39, 0.29) is 12.3 Å². The van der Waals surface area contributed by atoms with Gasteiger partial charge in [0, 0.05) is 18.8 Å². The van der Waals surface area contributed by atoms with Crippen LogP contribution in [0.3, 0.4) is 0 Å². The average molecular weight is 307 g/mol. The lowest BCUT2D eigenvalue weighted by Gasteiger charge is -2.36. The first-order valence-corrected chi connectivity index (χ1v) is 7.39. The maximum absolute atomic E-state index is 12.4. The summed E-state index contributed by atoms with van der Waals surface area (Å²) >= 11 is 0. The number of carbonyl (C=O) groups excluding carboxylic acids is 1. The number of carboxylic acid groups (broad SMARTS) is 1. The van der Waals surface area contributed by atoms with Crippen molar-refractivity contribution in [2.45, 2.75) is 31.7 Å². The van der Waals surface area contributed by atoms with E-state index in [0.717, 1.165) is 0 Å². The van der Waals surface area contributed by atoms with Gasteiger partial charge in [-0.1, -0.05) is 0 Å². The Bertz CT molecular complexity index is 520. The van der Waals surface area contributed by atoms with Crippen molar-refractivity contribution < 1.29 is 24.2 Å². The number of benzene rings is 1. The van der Waals surface area contributed by atoms with Gasteiger partial charge in [-0.2, -0.15) is 0 Å². The lowest BCUT2D eigenvalue weighted by Crippen LogP contribution is -2.53. The second kappa shape index (κ2) is 7.26. The summed E-state index contributed by atoms with van der Waals surface area (Å²) in [6.07, 6.45) is 0.906. The molecule has 1 aromatic rings. The van der Waals surface area contributed by atoms with Crippen LogP contribution in [0.4, 0.5) is 0 Å². The van der Waals surface area contributed by atoms with Crippen molar-refractivity contribution in [1.82, 2.24) is 5.32 Å². The minimum Gasteiger partial charge on any atom is -0.494 e. The molecule has 1 aliphatic rings. The number of ether oxygens (including phenoxy) is 2. The van der Waals surface area contributed by atoms with Crippen molar-refractivity contribution in [3.05, 3.63) is 29.8 Å². The molecule has 1 aliphatic heterocycles. The number of carbonyl (C=O) groups is 2. The predicted molar refractivity (Wildman–Crippen MR) is 80.1 cm³/mol. The smallest absolute Gasteiger partial charge is 0.305 e. The van der Waals surface area contributed by atoms with Crippen molar-refractivity contribution in [1.29, 1.82) is 0 Å². The number of hydrogen-bond donors (Lipinski definition) is 2. The zero-order valence-corrected chi connectivity index (χ0v) is 12.6. The van der Waals surface area contributed by atoms with Gasteiger partial charge >= 0.3 is 5.97 Å². The molecule has 0 bridgehead atoms. The molecule has 1 fully saturated rings. The Morgan fingerprint density at radius 1 is 1.27 bits per heavy atom. The second-order valence-electron chi connectivity index (χ2n) is 5.37. The van der Waals surface area contributed by atoms with Crippen LogP contribution in [0.1, 0.15) is 36.5 Å². The first kappa shape index (κ1) is 16.3. The van der Waals surface area contributed by atoms with Gasteiger partial charge in [0.1, 0.15) is 5.75 Å². The first-order valence-electron chi connectivity index (χ1n) is 7.39. The highest BCUT2D eigenvalue weighted by molar-refractivity contribution is 5.95. The van der Waals surface area contributed by atoms with E-state index >= 15 is 0 Å². The predicted octanol–water partition coefficient (Wildman–Crippen LogP) is 1.84. The van der Waals surface area contributed by atoms with Gasteiger partial charge in [-0.15, -0.1) is 0 Å². The fourth-order valence-corrected chi connectivity index (χ4v) is 2.58. The quantitative estimate of drug-likeness (QED) is 0.837. The minimum absolute atomic E-state index is 0.0981. The standard InChI is InChI=1S/C16H21NO5/c1-2-22-13-5-3-12(4-6-13)15(20)17-16(11-14(18)19)7-9-21-10-8-16/h3-6H,2,7-11H2,1H3,(H,17,20)(H,18,19). The summed E-state index contributed by atoms with van der Waals surface area (Å²) in [4.78, 5) is 23.5. The zero-order valence-electron chi connectivity index (χ0n) is 12.6. The monoisotopic (exact) mass is 307 g/mol. The molecule has 6 heteroatoms. The third kappa shape index (κ3) is 4.21. The molecule has 0 radical (unpaired) electrons. The summed E-state index contributed by atoms with van der Waals surface area (Å²) in [5.41, 5.74) is -0.251. The third-order valence-corrected chi connectivity index (χ3v) is 3.75. The van der Waals surface area contributed by atoms with Crippen molar-refractivity contribution in [2.75, 3.05) is 19.8 Å². The maximum Gasteiger partial charge on any atom is 0.305 e. The van der Waals surface area contributed by atoms with Crippen LogP contribution in [0, 0.1) is 0 Å². The molecule has 120 valence electrons. The number of carboxylic acids is 1. The van der Waals surface area contributed by atoms with Crippen LogP contribution in [-0.4, -0.2) is 42.3 Å². The molecule has 1 heterocycles. The molecule has 22 heavy (non-hydrogen) atoms. The van der Waals surface area contributed by atoms with Crippen LogP contribution in [0.15, 0.2) is 24.3 Å². The Morgan fingerprint density at radius 2 is 1.91 bits per heavy atom. The van der Waals surface area contributed by atoms with E-state index in [2.05, 4.69) is 5.32 Å². The van der Waals surface area contributed by atoms with E-state index in [1.54, 1.807) is 24.3 Å².